The van der Waals surface area contributed by atoms with Crippen molar-refractivity contribution in [2.45, 2.75) is 5.88 Å². The molecular weight excluding hydrogens is 324 g/mol. The predicted molar refractivity (Wildman–Crippen MR) is 75.5 cm³/mol. The van der Waals surface area contributed by atoms with Crippen LogP contribution < -0.4 is 0 Å². The van der Waals surface area contributed by atoms with E-state index in [1.165, 1.54) is 16.7 Å². The molecule has 0 aliphatic carbocycles. The standard InChI is InChI=1S/C14H7Cl2F3N2/c15-6-13-20-14-10(19)4-8(18)5-12(14)21(13)11-2-1-7(17)3-9(11)16/h1-5H,6H2. The summed E-state index contributed by atoms with van der Waals surface area (Å²) in [5, 5.41) is 0.0883. The van der Waals surface area contributed by atoms with Crippen LogP contribution in [0.15, 0.2) is 30.3 Å². The smallest absolute Gasteiger partial charge is 0.153 e. The van der Waals surface area contributed by atoms with Crippen molar-refractivity contribution in [3.63, 3.8) is 0 Å². The van der Waals surface area contributed by atoms with Crippen molar-refractivity contribution in [1.29, 1.82) is 0 Å². The van der Waals surface area contributed by atoms with Crippen LogP contribution in [0.25, 0.3) is 16.7 Å². The Morgan fingerprint density at radius 3 is 2.48 bits per heavy atom. The first-order chi connectivity index (χ1) is 10.0. The first-order valence-electron chi connectivity index (χ1n) is 5.89. The van der Waals surface area contributed by atoms with Gasteiger partial charge in [-0.2, -0.15) is 0 Å². The van der Waals surface area contributed by atoms with Crippen molar-refractivity contribution in [3.8, 4) is 5.69 Å². The van der Waals surface area contributed by atoms with Crippen LogP contribution in [0, 0.1) is 17.5 Å². The lowest BCUT2D eigenvalue weighted by Crippen LogP contribution is -2.00. The number of fused-ring (bicyclic) bond motifs is 1. The lowest BCUT2D eigenvalue weighted by molar-refractivity contribution is 0.590. The van der Waals surface area contributed by atoms with E-state index in [2.05, 4.69) is 4.98 Å². The summed E-state index contributed by atoms with van der Waals surface area (Å²) in [4.78, 5) is 4.05. The van der Waals surface area contributed by atoms with E-state index < -0.39 is 17.5 Å². The first kappa shape index (κ1) is 14.2. The molecule has 0 unspecified atom stereocenters. The highest BCUT2D eigenvalue weighted by Crippen LogP contribution is 2.29. The topological polar surface area (TPSA) is 17.8 Å². The minimum absolute atomic E-state index is 0.0209. The summed E-state index contributed by atoms with van der Waals surface area (Å²) < 4.78 is 41.8. The number of alkyl halides is 1. The molecule has 0 saturated carbocycles. The summed E-state index contributed by atoms with van der Waals surface area (Å²) in [6.45, 7) is 0. The average molecular weight is 331 g/mol. The SMILES string of the molecule is Fc1ccc(-n2c(CCl)nc3c(F)cc(F)cc32)c(Cl)c1. The highest BCUT2D eigenvalue weighted by atomic mass is 35.5. The first-order valence-corrected chi connectivity index (χ1v) is 6.80. The Hall–Kier alpha value is -1.72. The molecule has 0 amide bonds. The number of halogens is 5. The molecule has 21 heavy (non-hydrogen) atoms. The molecule has 0 atom stereocenters. The van der Waals surface area contributed by atoms with Crippen LogP contribution in [-0.2, 0) is 5.88 Å². The number of hydrogen-bond acceptors (Lipinski definition) is 1. The van der Waals surface area contributed by atoms with Crippen LogP contribution >= 0.6 is 23.2 Å². The number of hydrogen-bond donors (Lipinski definition) is 0. The molecule has 0 aliphatic heterocycles. The number of aromatic nitrogens is 2. The van der Waals surface area contributed by atoms with Crippen LogP contribution in [0.4, 0.5) is 13.2 Å². The normalized spacial score (nSPS) is 11.3. The predicted octanol–water partition coefficient (Wildman–Crippen LogP) is 4.84. The highest BCUT2D eigenvalue weighted by molar-refractivity contribution is 6.32. The highest BCUT2D eigenvalue weighted by Gasteiger charge is 2.18. The summed E-state index contributed by atoms with van der Waals surface area (Å²) in [6, 6.07) is 5.57. The zero-order valence-electron chi connectivity index (χ0n) is 10.4. The van der Waals surface area contributed by atoms with Gasteiger partial charge in [0.15, 0.2) is 5.82 Å². The van der Waals surface area contributed by atoms with Crippen LogP contribution in [0.3, 0.4) is 0 Å². The lowest BCUT2D eigenvalue weighted by atomic mass is 10.2. The molecule has 0 spiro atoms. The second kappa shape index (κ2) is 5.24. The Bertz CT molecular complexity index is 846. The van der Waals surface area contributed by atoms with Gasteiger partial charge in [0.25, 0.3) is 0 Å². The minimum atomic E-state index is -0.798. The molecule has 108 valence electrons. The molecule has 0 aliphatic rings. The maximum absolute atomic E-state index is 13.8. The van der Waals surface area contributed by atoms with Gasteiger partial charge < -0.3 is 0 Å². The molecule has 2 nitrogen and oxygen atoms in total. The fraction of sp³-hybridized carbons (Fsp3) is 0.0714. The summed E-state index contributed by atoms with van der Waals surface area (Å²) in [5.74, 6) is -1.82. The van der Waals surface area contributed by atoms with E-state index in [1.807, 2.05) is 0 Å². The average Bonchev–Trinajstić information content (AvgIpc) is 2.77. The van der Waals surface area contributed by atoms with Crippen molar-refractivity contribution >= 4 is 34.2 Å². The molecule has 7 heteroatoms. The second-order valence-electron chi connectivity index (χ2n) is 4.35. The molecule has 1 heterocycles. The van der Waals surface area contributed by atoms with E-state index >= 15 is 0 Å². The monoisotopic (exact) mass is 330 g/mol. The van der Waals surface area contributed by atoms with Gasteiger partial charge in [0, 0.05) is 12.1 Å². The Balaban J connectivity index is 2.40. The Labute approximate surface area is 127 Å². The van der Waals surface area contributed by atoms with Crippen LogP contribution in [0.2, 0.25) is 5.02 Å². The van der Waals surface area contributed by atoms with Gasteiger partial charge in [-0.05, 0) is 18.2 Å². The van der Waals surface area contributed by atoms with Crippen molar-refractivity contribution in [2.75, 3.05) is 0 Å². The van der Waals surface area contributed by atoms with Crippen molar-refractivity contribution in [1.82, 2.24) is 9.55 Å². The summed E-state index contributed by atoms with van der Waals surface area (Å²) >= 11 is 11.8. The van der Waals surface area contributed by atoms with Gasteiger partial charge in [0.2, 0.25) is 0 Å². The summed E-state index contributed by atoms with van der Waals surface area (Å²) in [6.07, 6.45) is 0. The van der Waals surface area contributed by atoms with Crippen molar-refractivity contribution in [3.05, 3.63) is 58.6 Å². The van der Waals surface area contributed by atoms with E-state index in [0.717, 1.165) is 18.2 Å². The molecule has 0 N–H and O–H groups in total. The van der Waals surface area contributed by atoms with Gasteiger partial charge in [-0.25, -0.2) is 18.2 Å². The summed E-state index contributed by atoms with van der Waals surface area (Å²) in [7, 11) is 0. The van der Waals surface area contributed by atoms with Gasteiger partial charge in [-0.15, -0.1) is 11.6 Å². The van der Waals surface area contributed by atoms with E-state index in [1.54, 1.807) is 0 Å². The van der Waals surface area contributed by atoms with E-state index in [9.17, 15) is 13.2 Å². The van der Waals surface area contributed by atoms with Crippen molar-refractivity contribution in [2.24, 2.45) is 0 Å². The molecule has 1 aromatic heterocycles. The maximum atomic E-state index is 13.8. The van der Waals surface area contributed by atoms with Crippen LogP contribution in [-0.4, -0.2) is 9.55 Å². The van der Waals surface area contributed by atoms with Crippen LogP contribution in [0.5, 0.6) is 0 Å². The molecule has 2 aromatic carbocycles. The molecule has 3 rings (SSSR count). The van der Waals surface area contributed by atoms with Gasteiger partial charge in [0.05, 0.1) is 22.1 Å². The minimum Gasteiger partial charge on any atom is -0.294 e. The third-order valence-electron chi connectivity index (χ3n) is 3.02. The van der Waals surface area contributed by atoms with Crippen LogP contribution in [0.1, 0.15) is 5.82 Å². The number of benzene rings is 2. The molecule has 0 fully saturated rings. The number of imidazole rings is 1. The molecule has 0 bridgehead atoms. The fourth-order valence-corrected chi connectivity index (χ4v) is 2.60. The Morgan fingerprint density at radius 2 is 1.81 bits per heavy atom. The van der Waals surface area contributed by atoms with Gasteiger partial charge in [-0.1, -0.05) is 11.6 Å². The third-order valence-corrected chi connectivity index (χ3v) is 3.56. The number of rotatable bonds is 2. The van der Waals surface area contributed by atoms with E-state index in [4.69, 9.17) is 23.2 Å². The van der Waals surface area contributed by atoms with E-state index in [0.29, 0.717) is 5.69 Å². The largest absolute Gasteiger partial charge is 0.294 e. The zero-order chi connectivity index (χ0) is 15.1. The molecule has 0 saturated heterocycles. The zero-order valence-corrected chi connectivity index (χ0v) is 11.9. The summed E-state index contributed by atoms with van der Waals surface area (Å²) in [5.41, 5.74) is 0.505. The lowest BCUT2D eigenvalue weighted by Gasteiger charge is -2.10. The molecule has 0 radical (unpaired) electrons. The van der Waals surface area contributed by atoms with Crippen molar-refractivity contribution < 1.29 is 13.2 Å². The Kier molecular flexibility index (Phi) is 3.55. The Morgan fingerprint density at radius 1 is 1.05 bits per heavy atom. The van der Waals surface area contributed by atoms with Gasteiger partial charge in [-0.3, -0.25) is 4.57 Å². The third kappa shape index (κ3) is 2.36. The quantitative estimate of drug-likeness (QED) is 0.615. The van der Waals surface area contributed by atoms with E-state index in [-0.39, 0.29) is 27.8 Å². The molecule has 3 aromatic rings. The molecular formula is C14H7Cl2F3N2. The number of nitrogens with zero attached hydrogens (tertiary/aromatic N) is 2. The fourth-order valence-electron chi connectivity index (χ4n) is 2.17. The maximum Gasteiger partial charge on any atom is 0.153 e. The van der Waals surface area contributed by atoms with Gasteiger partial charge >= 0.3 is 0 Å². The van der Waals surface area contributed by atoms with Gasteiger partial charge in [0.1, 0.15) is 23.0 Å². The second-order valence-corrected chi connectivity index (χ2v) is 5.02.